The smallest absolute Gasteiger partial charge is 0.317 e. The molecule has 1 aliphatic rings. The van der Waals surface area contributed by atoms with Crippen molar-refractivity contribution in [2.75, 3.05) is 19.6 Å². The summed E-state index contributed by atoms with van der Waals surface area (Å²) in [4.78, 5) is 13.8. The topological polar surface area (TPSA) is 32.3 Å². The highest BCUT2D eigenvalue weighted by molar-refractivity contribution is 5.74. The minimum Gasteiger partial charge on any atom is -0.337 e. The number of carbonyl (C=O) groups is 1. The summed E-state index contributed by atoms with van der Waals surface area (Å²) in [6.07, 6.45) is 3.57. The summed E-state index contributed by atoms with van der Waals surface area (Å²) in [5.41, 5.74) is 0.172. The number of urea groups is 1. The number of hydrogen-bond acceptors (Lipinski definition) is 1. The predicted molar refractivity (Wildman–Crippen MR) is 67.4 cm³/mol. The largest absolute Gasteiger partial charge is 0.337 e. The van der Waals surface area contributed by atoms with Gasteiger partial charge in [0.1, 0.15) is 0 Å². The third-order valence-electron chi connectivity index (χ3n) is 3.90. The Morgan fingerprint density at radius 3 is 2.31 bits per heavy atom. The normalized spacial score (nSPS) is 17.7. The molecule has 0 aromatic heterocycles. The van der Waals surface area contributed by atoms with Crippen LogP contribution in [0.15, 0.2) is 0 Å². The Bertz CT molecular complexity index is 230. The van der Waals surface area contributed by atoms with Gasteiger partial charge in [0, 0.05) is 19.6 Å². The SMILES string of the molecule is CC(C)C(C)(C)CNC(=O)N1CCCCC1. The Balaban J connectivity index is 2.34. The quantitative estimate of drug-likeness (QED) is 0.788. The van der Waals surface area contributed by atoms with E-state index in [4.69, 9.17) is 0 Å². The number of likely N-dealkylation sites (tertiary alicyclic amines) is 1. The number of rotatable bonds is 3. The molecule has 0 radical (unpaired) electrons. The molecule has 1 rings (SSSR count). The monoisotopic (exact) mass is 226 g/mol. The van der Waals surface area contributed by atoms with E-state index in [0.29, 0.717) is 5.92 Å². The van der Waals surface area contributed by atoms with Crippen molar-refractivity contribution in [3.63, 3.8) is 0 Å². The van der Waals surface area contributed by atoms with E-state index < -0.39 is 0 Å². The first-order valence-corrected chi connectivity index (χ1v) is 6.46. The van der Waals surface area contributed by atoms with Crippen LogP contribution in [0, 0.1) is 11.3 Å². The number of nitrogens with zero attached hydrogens (tertiary/aromatic N) is 1. The fourth-order valence-electron chi connectivity index (χ4n) is 1.72. The lowest BCUT2D eigenvalue weighted by Crippen LogP contribution is -2.46. The van der Waals surface area contributed by atoms with Crippen LogP contribution in [0.25, 0.3) is 0 Å². The van der Waals surface area contributed by atoms with Gasteiger partial charge in [-0.05, 0) is 30.6 Å². The first kappa shape index (κ1) is 13.3. The molecule has 0 spiro atoms. The molecular weight excluding hydrogens is 200 g/mol. The molecule has 0 aromatic rings. The summed E-state index contributed by atoms with van der Waals surface area (Å²) < 4.78 is 0. The summed E-state index contributed by atoms with van der Waals surface area (Å²) in [7, 11) is 0. The third kappa shape index (κ3) is 3.69. The van der Waals surface area contributed by atoms with Crippen molar-refractivity contribution in [3.8, 4) is 0 Å². The van der Waals surface area contributed by atoms with Gasteiger partial charge in [0.05, 0.1) is 0 Å². The maximum absolute atomic E-state index is 11.9. The second kappa shape index (κ2) is 5.55. The average molecular weight is 226 g/mol. The first-order chi connectivity index (χ1) is 7.43. The number of hydrogen-bond donors (Lipinski definition) is 1. The molecule has 1 aliphatic heterocycles. The van der Waals surface area contributed by atoms with E-state index in [1.807, 2.05) is 4.90 Å². The Morgan fingerprint density at radius 1 is 1.25 bits per heavy atom. The van der Waals surface area contributed by atoms with E-state index in [1.54, 1.807) is 0 Å². The van der Waals surface area contributed by atoms with Gasteiger partial charge in [0.2, 0.25) is 0 Å². The zero-order chi connectivity index (χ0) is 12.2. The lowest BCUT2D eigenvalue weighted by atomic mass is 9.81. The van der Waals surface area contributed by atoms with Crippen LogP contribution >= 0.6 is 0 Å². The zero-order valence-electron chi connectivity index (χ0n) is 11.2. The number of piperidine rings is 1. The van der Waals surface area contributed by atoms with Crippen LogP contribution in [0.5, 0.6) is 0 Å². The molecule has 0 aromatic carbocycles. The molecule has 3 nitrogen and oxygen atoms in total. The van der Waals surface area contributed by atoms with Crippen LogP contribution in [0.4, 0.5) is 4.79 Å². The van der Waals surface area contributed by atoms with Crippen molar-refractivity contribution in [2.45, 2.75) is 47.0 Å². The predicted octanol–water partition coefficient (Wildman–Crippen LogP) is 2.86. The summed E-state index contributed by atoms with van der Waals surface area (Å²) in [5.74, 6) is 0.578. The second-order valence-electron chi connectivity index (χ2n) is 5.85. The van der Waals surface area contributed by atoms with Crippen LogP contribution in [0.3, 0.4) is 0 Å². The van der Waals surface area contributed by atoms with E-state index in [-0.39, 0.29) is 11.4 Å². The van der Waals surface area contributed by atoms with Crippen LogP contribution < -0.4 is 5.32 Å². The molecule has 0 bridgehead atoms. The molecule has 1 fully saturated rings. The maximum atomic E-state index is 11.9. The molecule has 0 unspecified atom stereocenters. The van der Waals surface area contributed by atoms with Gasteiger partial charge >= 0.3 is 6.03 Å². The Kier molecular flexibility index (Phi) is 4.63. The van der Waals surface area contributed by atoms with E-state index in [9.17, 15) is 4.79 Å². The highest BCUT2D eigenvalue weighted by atomic mass is 16.2. The van der Waals surface area contributed by atoms with Crippen molar-refractivity contribution in [1.29, 1.82) is 0 Å². The molecule has 3 heteroatoms. The Hall–Kier alpha value is -0.730. The van der Waals surface area contributed by atoms with Crippen molar-refractivity contribution < 1.29 is 4.79 Å². The molecule has 1 heterocycles. The van der Waals surface area contributed by atoms with Crippen molar-refractivity contribution in [2.24, 2.45) is 11.3 Å². The van der Waals surface area contributed by atoms with Gasteiger partial charge in [-0.3, -0.25) is 0 Å². The number of carbonyl (C=O) groups excluding carboxylic acids is 1. The van der Waals surface area contributed by atoms with Gasteiger partial charge in [0.15, 0.2) is 0 Å². The summed E-state index contributed by atoms with van der Waals surface area (Å²) in [5, 5.41) is 3.06. The van der Waals surface area contributed by atoms with Crippen molar-refractivity contribution >= 4 is 6.03 Å². The van der Waals surface area contributed by atoms with E-state index in [2.05, 4.69) is 33.0 Å². The molecule has 0 aliphatic carbocycles. The van der Waals surface area contributed by atoms with Gasteiger partial charge in [-0.25, -0.2) is 4.79 Å². The molecule has 0 atom stereocenters. The van der Waals surface area contributed by atoms with Gasteiger partial charge in [0.25, 0.3) is 0 Å². The van der Waals surface area contributed by atoms with Crippen LogP contribution in [-0.4, -0.2) is 30.6 Å². The highest BCUT2D eigenvalue weighted by Crippen LogP contribution is 2.24. The van der Waals surface area contributed by atoms with E-state index >= 15 is 0 Å². The van der Waals surface area contributed by atoms with Crippen molar-refractivity contribution in [3.05, 3.63) is 0 Å². The van der Waals surface area contributed by atoms with Gasteiger partial charge in [-0.1, -0.05) is 27.7 Å². The summed E-state index contributed by atoms with van der Waals surface area (Å²) >= 11 is 0. The molecule has 16 heavy (non-hydrogen) atoms. The summed E-state index contributed by atoms with van der Waals surface area (Å²) in [6.45, 7) is 11.4. The van der Waals surface area contributed by atoms with Crippen LogP contribution in [0.1, 0.15) is 47.0 Å². The minimum absolute atomic E-state index is 0.119. The minimum atomic E-state index is 0.119. The van der Waals surface area contributed by atoms with Crippen LogP contribution in [-0.2, 0) is 0 Å². The van der Waals surface area contributed by atoms with Gasteiger partial charge in [-0.2, -0.15) is 0 Å². The van der Waals surface area contributed by atoms with Gasteiger partial charge in [-0.15, -0.1) is 0 Å². The molecule has 0 saturated carbocycles. The Morgan fingerprint density at radius 2 is 1.81 bits per heavy atom. The fraction of sp³-hybridized carbons (Fsp3) is 0.923. The summed E-state index contributed by atoms with van der Waals surface area (Å²) in [6, 6.07) is 0.119. The van der Waals surface area contributed by atoms with Crippen LogP contribution in [0.2, 0.25) is 0 Å². The molecular formula is C13H26N2O. The second-order valence-corrected chi connectivity index (χ2v) is 5.85. The van der Waals surface area contributed by atoms with E-state index in [0.717, 1.165) is 32.5 Å². The van der Waals surface area contributed by atoms with Gasteiger partial charge < -0.3 is 10.2 Å². The Labute approximate surface area is 99.6 Å². The number of nitrogens with one attached hydrogen (secondary N) is 1. The maximum Gasteiger partial charge on any atom is 0.317 e. The van der Waals surface area contributed by atoms with E-state index in [1.165, 1.54) is 6.42 Å². The molecule has 94 valence electrons. The molecule has 1 saturated heterocycles. The van der Waals surface area contributed by atoms with Crippen molar-refractivity contribution in [1.82, 2.24) is 10.2 Å². The lowest BCUT2D eigenvalue weighted by molar-refractivity contribution is 0.173. The fourth-order valence-corrected chi connectivity index (χ4v) is 1.72. The highest BCUT2D eigenvalue weighted by Gasteiger charge is 2.24. The first-order valence-electron chi connectivity index (χ1n) is 6.46. The average Bonchev–Trinajstić information content (AvgIpc) is 2.27. The standard InChI is InChI=1S/C13H26N2O/c1-11(2)13(3,4)10-14-12(16)15-8-6-5-7-9-15/h11H,5-10H2,1-4H3,(H,14,16). The lowest BCUT2D eigenvalue weighted by Gasteiger charge is -2.32. The molecule has 1 N–H and O–H groups in total. The third-order valence-corrected chi connectivity index (χ3v) is 3.90. The number of amides is 2. The zero-order valence-corrected chi connectivity index (χ0v) is 11.2. The molecule has 2 amide bonds.